The summed E-state index contributed by atoms with van der Waals surface area (Å²) >= 11 is 0. The van der Waals surface area contributed by atoms with Gasteiger partial charge in [-0.3, -0.25) is 9.78 Å². The zero-order valence-corrected chi connectivity index (χ0v) is 8.73. The predicted molar refractivity (Wildman–Crippen MR) is 59.4 cm³/mol. The fourth-order valence-corrected chi connectivity index (χ4v) is 1.34. The van der Waals surface area contributed by atoms with Crippen molar-refractivity contribution in [2.45, 2.75) is 25.3 Å². The lowest BCUT2D eigenvalue weighted by Gasteiger charge is -2.08. The molecular formula is C11H17N3O. The van der Waals surface area contributed by atoms with Crippen LogP contribution in [0.15, 0.2) is 24.4 Å². The summed E-state index contributed by atoms with van der Waals surface area (Å²) in [6.45, 7) is 0.643. The van der Waals surface area contributed by atoms with Gasteiger partial charge in [-0.15, -0.1) is 0 Å². The van der Waals surface area contributed by atoms with E-state index in [-0.39, 0.29) is 5.78 Å². The van der Waals surface area contributed by atoms with Crippen LogP contribution in [0.5, 0.6) is 0 Å². The Balaban J connectivity index is 2.46. The minimum atomic E-state index is -0.452. The third-order valence-corrected chi connectivity index (χ3v) is 2.22. The summed E-state index contributed by atoms with van der Waals surface area (Å²) in [6.07, 6.45) is 4.06. The maximum Gasteiger partial charge on any atom is 0.197 e. The largest absolute Gasteiger partial charge is 0.330 e. The van der Waals surface area contributed by atoms with Crippen LogP contribution in [0.1, 0.15) is 29.8 Å². The Labute approximate surface area is 89.7 Å². The van der Waals surface area contributed by atoms with Crippen molar-refractivity contribution in [3.63, 3.8) is 0 Å². The first-order chi connectivity index (χ1) is 7.25. The minimum Gasteiger partial charge on any atom is -0.330 e. The van der Waals surface area contributed by atoms with Crippen molar-refractivity contribution in [3.8, 4) is 0 Å². The van der Waals surface area contributed by atoms with Crippen molar-refractivity contribution in [2.75, 3.05) is 6.54 Å². The number of pyridine rings is 1. The number of aromatic nitrogens is 1. The van der Waals surface area contributed by atoms with E-state index in [1.54, 1.807) is 24.4 Å². The molecule has 0 saturated heterocycles. The molecule has 1 aromatic heterocycles. The van der Waals surface area contributed by atoms with Crippen LogP contribution in [0.3, 0.4) is 0 Å². The van der Waals surface area contributed by atoms with E-state index >= 15 is 0 Å². The summed E-state index contributed by atoms with van der Waals surface area (Å²) in [5, 5.41) is 0. The molecule has 1 atom stereocenters. The first-order valence-corrected chi connectivity index (χ1v) is 5.16. The minimum absolute atomic E-state index is 0.0902. The topological polar surface area (TPSA) is 82.0 Å². The number of carbonyl (C=O) groups is 1. The Kier molecular flexibility index (Phi) is 4.93. The standard InChI is InChI=1S/C11H17N3O/c12-7-3-1-5-9(13)11(15)10-6-2-4-8-14-10/h2,4,6,8-9H,1,3,5,7,12-13H2. The molecule has 0 radical (unpaired) electrons. The van der Waals surface area contributed by atoms with E-state index in [0.717, 1.165) is 12.8 Å². The second kappa shape index (κ2) is 6.27. The van der Waals surface area contributed by atoms with Gasteiger partial charge >= 0.3 is 0 Å². The highest BCUT2D eigenvalue weighted by atomic mass is 16.1. The van der Waals surface area contributed by atoms with Gasteiger partial charge in [-0.2, -0.15) is 0 Å². The number of rotatable bonds is 6. The van der Waals surface area contributed by atoms with Crippen LogP contribution < -0.4 is 11.5 Å². The predicted octanol–water partition coefficient (Wildman–Crippen LogP) is 0.721. The van der Waals surface area contributed by atoms with Gasteiger partial charge in [0.15, 0.2) is 5.78 Å². The van der Waals surface area contributed by atoms with Crippen LogP contribution in [0.25, 0.3) is 0 Å². The van der Waals surface area contributed by atoms with Crippen molar-refractivity contribution < 1.29 is 4.79 Å². The molecular weight excluding hydrogens is 190 g/mol. The van der Waals surface area contributed by atoms with Crippen LogP contribution in [0.2, 0.25) is 0 Å². The second-order valence-corrected chi connectivity index (χ2v) is 3.47. The molecule has 0 aliphatic carbocycles. The van der Waals surface area contributed by atoms with Crippen LogP contribution in [-0.2, 0) is 0 Å². The number of unbranched alkanes of at least 4 members (excludes halogenated alkanes) is 1. The maximum atomic E-state index is 11.7. The molecule has 1 heterocycles. The molecule has 0 amide bonds. The van der Waals surface area contributed by atoms with Gasteiger partial charge in [0.1, 0.15) is 5.69 Å². The zero-order chi connectivity index (χ0) is 11.1. The lowest BCUT2D eigenvalue weighted by atomic mass is 10.0. The monoisotopic (exact) mass is 207 g/mol. The summed E-state index contributed by atoms with van der Waals surface area (Å²) in [7, 11) is 0. The number of nitrogens with zero attached hydrogens (tertiary/aromatic N) is 1. The number of ketones is 1. The average Bonchev–Trinajstić information content (AvgIpc) is 2.29. The molecule has 0 fully saturated rings. The number of nitrogens with two attached hydrogens (primary N) is 2. The molecule has 0 saturated carbocycles. The highest BCUT2D eigenvalue weighted by Gasteiger charge is 2.15. The van der Waals surface area contributed by atoms with E-state index in [9.17, 15) is 4.79 Å². The van der Waals surface area contributed by atoms with Crippen molar-refractivity contribution in [2.24, 2.45) is 11.5 Å². The van der Waals surface area contributed by atoms with E-state index in [0.29, 0.717) is 18.7 Å². The van der Waals surface area contributed by atoms with Crippen molar-refractivity contribution in [1.29, 1.82) is 0 Å². The molecule has 4 heteroatoms. The van der Waals surface area contributed by atoms with E-state index in [2.05, 4.69) is 4.98 Å². The van der Waals surface area contributed by atoms with Gasteiger partial charge in [0.25, 0.3) is 0 Å². The SMILES string of the molecule is NCCCCC(N)C(=O)c1ccccn1. The summed E-state index contributed by atoms with van der Waals surface area (Å²) in [5.41, 5.74) is 11.6. The van der Waals surface area contributed by atoms with E-state index in [1.807, 2.05) is 0 Å². The van der Waals surface area contributed by atoms with Gasteiger partial charge in [0.05, 0.1) is 6.04 Å². The average molecular weight is 207 g/mol. The van der Waals surface area contributed by atoms with Gasteiger partial charge < -0.3 is 11.5 Å². The molecule has 1 rings (SSSR count). The molecule has 15 heavy (non-hydrogen) atoms. The summed E-state index contributed by atoms with van der Waals surface area (Å²) in [5.74, 6) is -0.0902. The van der Waals surface area contributed by atoms with Crippen molar-refractivity contribution in [3.05, 3.63) is 30.1 Å². The molecule has 0 aromatic carbocycles. The van der Waals surface area contributed by atoms with E-state index < -0.39 is 6.04 Å². The van der Waals surface area contributed by atoms with Gasteiger partial charge in [-0.05, 0) is 31.5 Å². The highest BCUT2D eigenvalue weighted by molar-refractivity contribution is 5.98. The normalized spacial score (nSPS) is 12.4. The Morgan fingerprint density at radius 1 is 1.40 bits per heavy atom. The molecule has 1 aromatic rings. The Morgan fingerprint density at radius 3 is 2.80 bits per heavy atom. The molecule has 82 valence electrons. The summed E-state index contributed by atoms with van der Waals surface area (Å²) in [6, 6.07) is 4.79. The molecule has 0 bridgehead atoms. The van der Waals surface area contributed by atoms with E-state index in [4.69, 9.17) is 11.5 Å². The molecule has 0 aliphatic heterocycles. The number of hydrogen-bond donors (Lipinski definition) is 2. The number of Topliss-reactive ketones (excluding diaryl/α,β-unsaturated/α-hetero) is 1. The quantitative estimate of drug-likeness (QED) is 0.532. The molecule has 4 nitrogen and oxygen atoms in total. The lowest BCUT2D eigenvalue weighted by Crippen LogP contribution is -2.31. The van der Waals surface area contributed by atoms with Crippen LogP contribution in [0.4, 0.5) is 0 Å². The third kappa shape index (κ3) is 3.77. The fraction of sp³-hybridized carbons (Fsp3) is 0.455. The second-order valence-electron chi connectivity index (χ2n) is 3.47. The Hall–Kier alpha value is -1.26. The van der Waals surface area contributed by atoms with Gasteiger partial charge in [-0.1, -0.05) is 12.5 Å². The zero-order valence-electron chi connectivity index (χ0n) is 8.73. The molecule has 1 unspecified atom stereocenters. The smallest absolute Gasteiger partial charge is 0.197 e. The van der Waals surface area contributed by atoms with Crippen LogP contribution in [0, 0.1) is 0 Å². The Bertz CT molecular complexity index is 300. The number of hydrogen-bond acceptors (Lipinski definition) is 4. The van der Waals surface area contributed by atoms with Gasteiger partial charge in [-0.25, -0.2) is 0 Å². The summed E-state index contributed by atoms with van der Waals surface area (Å²) in [4.78, 5) is 15.7. The number of carbonyl (C=O) groups excluding carboxylic acids is 1. The molecule has 4 N–H and O–H groups in total. The van der Waals surface area contributed by atoms with E-state index in [1.165, 1.54) is 0 Å². The van der Waals surface area contributed by atoms with Gasteiger partial charge in [0, 0.05) is 6.20 Å². The van der Waals surface area contributed by atoms with Crippen LogP contribution in [-0.4, -0.2) is 23.4 Å². The van der Waals surface area contributed by atoms with Gasteiger partial charge in [0.2, 0.25) is 0 Å². The third-order valence-electron chi connectivity index (χ3n) is 2.22. The van der Waals surface area contributed by atoms with Crippen LogP contribution >= 0.6 is 0 Å². The lowest BCUT2D eigenvalue weighted by molar-refractivity contribution is 0.0951. The summed E-state index contributed by atoms with van der Waals surface area (Å²) < 4.78 is 0. The highest BCUT2D eigenvalue weighted by Crippen LogP contribution is 2.04. The Morgan fingerprint density at radius 2 is 2.20 bits per heavy atom. The molecule has 0 spiro atoms. The first kappa shape index (κ1) is 11.8. The first-order valence-electron chi connectivity index (χ1n) is 5.16. The van der Waals surface area contributed by atoms with Crippen molar-refractivity contribution in [1.82, 2.24) is 4.98 Å². The van der Waals surface area contributed by atoms with Crippen molar-refractivity contribution >= 4 is 5.78 Å². The fourth-order valence-electron chi connectivity index (χ4n) is 1.34. The molecule has 0 aliphatic rings. The maximum absolute atomic E-state index is 11.7.